The summed E-state index contributed by atoms with van der Waals surface area (Å²) >= 11 is 7.57. The molecule has 0 unspecified atom stereocenters. The number of benzene rings is 1. The SMILES string of the molecule is CN(CC(=O)Nc1ccccc1Cl)C(=O)COC(=O)c1csc2c1CCCC2. The molecule has 1 aliphatic rings. The quantitative estimate of drug-likeness (QED) is 0.725. The summed E-state index contributed by atoms with van der Waals surface area (Å²) < 4.78 is 5.18. The fourth-order valence-corrected chi connectivity index (χ4v) is 4.33. The number of nitrogens with one attached hydrogen (secondary N) is 1. The summed E-state index contributed by atoms with van der Waals surface area (Å²) in [6, 6.07) is 6.84. The number of hydrogen-bond donors (Lipinski definition) is 1. The third-order valence-corrected chi connectivity index (χ3v) is 5.98. The minimum Gasteiger partial charge on any atom is -0.452 e. The second-order valence-electron chi connectivity index (χ2n) is 6.61. The number of likely N-dealkylation sites (N-methyl/N-ethyl adjacent to an activating group) is 1. The van der Waals surface area contributed by atoms with Gasteiger partial charge >= 0.3 is 5.97 Å². The van der Waals surface area contributed by atoms with Gasteiger partial charge in [-0.25, -0.2) is 4.79 Å². The van der Waals surface area contributed by atoms with Crippen LogP contribution in [0.25, 0.3) is 0 Å². The van der Waals surface area contributed by atoms with E-state index < -0.39 is 18.5 Å². The van der Waals surface area contributed by atoms with E-state index in [1.54, 1.807) is 35.6 Å². The van der Waals surface area contributed by atoms with Crippen molar-refractivity contribution in [3.63, 3.8) is 0 Å². The zero-order valence-corrected chi connectivity index (χ0v) is 17.1. The van der Waals surface area contributed by atoms with Crippen LogP contribution >= 0.6 is 22.9 Å². The van der Waals surface area contributed by atoms with Gasteiger partial charge in [0.1, 0.15) is 0 Å². The van der Waals surface area contributed by atoms with Gasteiger partial charge in [-0.1, -0.05) is 23.7 Å². The van der Waals surface area contributed by atoms with Crippen molar-refractivity contribution in [2.75, 3.05) is 25.5 Å². The highest BCUT2D eigenvalue weighted by atomic mass is 35.5. The number of anilines is 1. The maximum absolute atomic E-state index is 12.3. The first kappa shape index (κ1) is 20.4. The van der Waals surface area contributed by atoms with Crippen molar-refractivity contribution in [3.05, 3.63) is 50.7 Å². The Morgan fingerprint density at radius 1 is 1.21 bits per heavy atom. The normalized spacial score (nSPS) is 12.8. The summed E-state index contributed by atoms with van der Waals surface area (Å²) in [5.41, 5.74) is 2.09. The molecule has 0 spiro atoms. The summed E-state index contributed by atoms with van der Waals surface area (Å²) in [4.78, 5) is 39.1. The number of thiophene rings is 1. The number of rotatable bonds is 6. The zero-order chi connectivity index (χ0) is 20.1. The van der Waals surface area contributed by atoms with Gasteiger partial charge in [-0.05, 0) is 43.4 Å². The lowest BCUT2D eigenvalue weighted by atomic mass is 9.96. The molecule has 1 N–H and O–H groups in total. The van der Waals surface area contributed by atoms with Crippen molar-refractivity contribution in [2.45, 2.75) is 25.7 Å². The molecular weight excluding hydrogens is 400 g/mol. The van der Waals surface area contributed by atoms with E-state index in [0.717, 1.165) is 31.2 Å². The number of hydrogen-bond acceptors (Lipinski definition) is 5. The summed E-state index contributed by atoms with van der Waals surface area (Å²) in [6.07, 6.45) is 4.07. The molecule has 0 radical (unpaired) electrons. The van der Waals surface area contributed by atoms with Crippen LogP contribution in [0.1, 0.15) is 33.6 Å². The average molecular weight is 421 g/mol. The number of para-hydroxylation sites is 1. The number of amides is 2. The second kappa shape index (κ2) is 9.21. The maximum Gasteiger partial charge on any atom is 0.339 e. The number of ether oxygens (including phenoxy) is 1. The van der Waals surface area contributed by atoms with Crippen LogP contribution in [0.2, 0.25) is 5.02 Å². The number of carbonyl (C=O) groups excluding carboxylic acids is 3. The Morgan fingerprint density at radius 3 is 2.75 bits per heavy atom. The third-order valence-electron chi connectivity index (χ3n) is 4.56. The highest BCUT2D eigenvalue weighted by molar-refractivity contribution is 7.10. The molecule has 2 aromatic rings. The molecule has 8 heteroatoms. The van der Waals surface area contributed by atoms with Crippen LogP contribution in [-0.2, 0) is 27.2 Å². The monoisotopic (exact) mass is 420 g/mol. The molecule has 6 nitrogen and oxygen atoms in total. The smallest absolute Gasteiger partial charge is 0.339 e. The molecule has 0 aliphatic heterocycles. The lowest BCUT2D eigenvalue weighted by Gasteiger charge is -2.17. The van der Waals surface area contributed by atoms with Crippen LogP contribution in [0.15, 0.2) is 29.6 Å². The van der Waals surface area contributed by atoms with Gasteiger partial charge in [0.05, 0.1) is 22.8 Å². The van der Waals surface area contributed by atoms with E-state index in [1.807, 2.05) is 5.38 Å². The van der Waals surface area contributed by atoms with Crippen LogP contribution in [0, 0.1) is 0 Å². The molecule has 0 saturated carbocycles. The minimum absolute atomic E-state index is 0.171. The van der Waals surface area contributed by atoms with E-state index >= 15 is 0 Å². The van der Waals surface area contributed by atoms with Gasteiger partial charge in [-0.2, -0.15) is 0 Å². The van der Waals surface area contributed by atoms with Crippen molar-refractivity contribution < 1.29 is 19.1 Å². The molecule has 28 heavy (non-hydrogen) atoms. The summed E-state index contributed by atoms with van der Waals surface area (Å²) in [7, 11) is 1.48. The van der Waals surface area contributed by atoms with E-state index in [0.29, 0.717) is 16.3 Å². The van der Waals surface area contributed by atoms with Crippen LogP contribution in [0.5, 0.6) is 0 Å². The largest absolute Gasteiger partial charge is 0.452 e. The van der Waals surface area contributed by atoms with E-state index in [9.17, 15) is 14.4 Å². The third kappa shape index (κ3) is 4.91. The number of aryl methyl sites for hydroxylation is 1. The molecule has 3 rings (SSSR count). The van der Waals surface area contributed by atoms with Crippen molar-refractivity contribution in [3.8, 4) is 0 Å². The molecule has 1 heterocycles. The standard InChI is InChI=1S/C20H21ClN2O4S/c1-23(10-18(24)22-16-8-4-3-7-15(16)21)19(25)11-27-20(26)14-12-28-17-9-5-2-6-13(14)17/h3-4,7-8,12H,2,5-6,9-11H2,1H3,(H,22,24). The Balaban J connectivity index is 1.49. The molecule has 0 bridgehead atoms. The Labute approximate surface area is 172 Å². The molecule has 148 valence electrons. The van der Waals surface area contributed by atoms with Gasteiger partial charge in [0, 0.05) is 17.3 Å². The van der Waals surface area contributed by atoms with Gasteiger partial charge in [0.25, 0.3) is 5.91 Å². The molecule has 0 saturated heterocycles. The molecular formula is C20H21ClN2O4S. The Bertz CT molecular complexity index is 896. The van der Waals surface area contributed by atoms with Crippen molar-refractivity contribution in [1.29, 1.82) is 0 Å². The second-order valence-corrected chi connectivity index (χ2v) is 7.98. The molecule has 1 aromatic heterocycles. The maximum atomic E-state index is 12.3. The summed E-state index contributed by atoms with van der Waals surface area (Å²) in [5.74, 6) is -1.32. The fourth-order valence-electron chi connectivity index (χ4n) is 3.04. The molecule has 0 fully saturated rings. The van der Waals surface area contributed by atoms with Crippen LogP contribution in [0.3, 0.4) is 0 Å². The topological polar surface area (TPSA) is 75.7 Å². The molecule has 0 atom stereocenters. The zero-order valence-electron chi connectivity index (χ0n) is 15.5. The minimum atomic E-state index is -0.485. The Morgan fingerprint density at radius 2 is 1.96 bits per heavy atom. The lowest BCUT2D eigenvalue weighted by Crippen LogP contribution is -2.37. The van der Waals surface area contributed by atoms with Gasteiger partial charge in [-0.15, -0.1) is 11.3 Å². The number of fused-ring (bicyclic) bond motifs is 1. The van der Waals surface area contributed by atoms with Crippen molar-refractivity contribution in [1.82, 2.24) is 4.90 Å². The van der Waals surface area contributed by atoms with Crippen LogP contribution in [0.4, 0.5) is 5.69 Å². The van der Waals surface area contributed by atoms with Gasteiger partial charge in [0.2, 0.25) is 5.91 Å². The van der Waals surface area contributed by atoms with E-state index in [-0.39, 0.29) is 12.5 Å². The first-order valence-corrected chi connectivity index (χ1v) is 10.3. The molecule has 1 aromatic carbocycles. The highest BCUT2D eigenvalue weighted by Gasteiger charge is 2.22. The van der Waals surface area contributed by atoms with Gasteiger partial charge < -0.3 is 15.0 Å². The fraction of sp³-hybridized carbons (Fsp3) is 0.350. The van der Waals surface area contributed by atoms with Crippen molar-refractivity contribution >= 4 is 46.4 Å². The van der Waals surface area contributed by atoms with E-state index in [4.69, 9.17) is 16.3 Å². The number of carbonyl (C=O) groups is 3. The summed E-state index contributed by atoms with van der Waals surface area (Å²) in [5, 5.41) is 4.87. The van der Waals surface area contributed by atoms with Crippen LogP contribution < -0.4 is 5.32 Å². The predicted molar refractivity (Wildman–Crippen MR) is 109 cm³/mol. The first-order valence-electron chi connectivity index (χ1n) is 9.00. The lowest BCUT2D eigenvalue weighted by molar-refractivity contribution is -0.136. The van der Waals surface area contributed by atoms with Crippen LogP contribution in [-0.4, -0.2) is 42.9 Å². The Kier molecular flexibility index (Phi) is 6.70. The Hall–Kier alpha value is -2.38. The molecule has 2 amide bonds. The number of nitrogens with zero attached hydrogens (tertiary/aromatic N) is 1. The average Bonchev–Trinajstić information content (AvgIpc) is 3.11. The number of esters is 1. The van der Waals surface area contributed by atoms with Crippen molar-refractivity contribution in [2.24, 2.45) is 0 Å². The highest BCUT2D eigenvalue weighted by Crippen LogP contribution is 2.30. The van der Waals surface area contributed by atoms with Gasteiger partial charge in [0.15, 0.2) is 6.61 Å². The first-order chi connectivity index (χ1) is 13.5. The van der Waals surface area contributed by atoms with E-state index in [2.05, 4.69) is 5.32 Å². The molecule has 1 aliphatic carbocycles. The number of halogens is 1. The van der Waals surface area contributed by atoms with E-state index in [1.165, 1.54) is 16.8 Å². The summed E-state index contributed by atoms with van der Waals surface area (Å²) in [6.45, 7) is -0.575. The van der Waals surface area contributed by atoms with Gasteiger partial charge in [-0.3, -0.25) is 9.59 Å². The predicted octanol–water partition coefficient (Wildman–Crippen LogP) is 3.53.